The minimum absolute atomic E-state index is 0.0378. The molecule has 0 amide bonds. The van der Waals surface area contributed by atoms with Crippen LogP contribution in [0.25, 0.3) is 0 Å². The maximum absolute atomic E-state index is 13.3. The minimum atomic E-state index is -0.286. The molecule has 1 aliphatic rings. The monoisotopic (exact) mass is 238 g/mol. The van der Waals surface area contributed by atoms with E-state index in [1.807, 2.05) is 0 Å². The third-order valence-electron chi connectivity index (χ3n) is 2.93. The van der Waals surface area contributed by atoms with E-state index in [1.54, 1.807) is 30.8 Å². The van der Waals surface area contributed by atoms with Crippen LogP contribution >= 0.6 is 11.8 Å². The Bertz CT molecular complexity index is 397. The van der Waals surface area contributed by atoms with E-state index >= 15 is 0 Å². The topological polar surface area (TPSA) is 17.1 Å². The van der Waals surface area contributed by atoms with Gasteiger partial charge in [0.1, 0.15) is 5.82 Å². The van der Waals surface area contributed by atoms with Gasteiger partial charge in [-0.05, 0) is 37.1 Å². The summed E-state index contributed by atoms with van der Waals surface area (Å²) < 4.78 is 13.3. The zero-order valence-corrected chi connectivity index (χ0v) is 10.1. The number of Topliss-reactive ketones (excluding diaryl/α,β-unsaturated/α-hetero) is 1. The van der Waals surface area contributed by atoms with Crippen LogP contribution in [0.2, 0.25) is 0 Å². The van der Waals surface area contributed by atoms with Gasteiger partial charge in [0.05, 0.1) is 5.25 Å². The maximum atomic E-state index is 13.3. The van der Waals surface area contributed by atoms with E-state index in [0.717, 1.165) is 18.6 Å². The van der Waals surface area contributed by atoms with Crippen molar-refractivity contribution in [1.29, 1.82) is 0 Å². The van der Waals surface area contributed by atoms with Crippen LogP contribution in [-0.2, 0) is 0 Å². The molecule has 0 N–H and O–H groups in total. The molecule has 0 spiro atoms. The Morgan fingerprint density at radius 1 is 1.44 bits per heavy atom. The number of rotatable bonds is 2. The molecule has 0 aromatic heterocycles. The highest BCUT2D eigenvalue weighted by molar-refractivity contribution is 8.00. The Hall–Kier alpha value is -0.830. The number of hydrogen-bond acceptors (Lipinski definition) is 2. The highest BCUT2D eigenvalue weighted by Gasteiger charge is 2.23. The van der Waals surface area contributed by atoms with Gasteiger partial charge < -0.3 is 0 Å². The third kappa shape index (κ3) is 2.46. The van der Waals surface area contributed by atoms with E-state index < -0.39 is 0 Å². The Morgan fingerprint density at radius 3 is 2.88 bits per heavy atom. The van der Waals surface area contributed by atoms with Crippen LogP contribution in [-0.4, -0.2) is 16.8 Å². The van der Waals surface area contributed by atoms with Gasteiger partial charge >= 0.3 is 0 Å². The van der Waals surface area contributed by atoms with Gasteiger partial charge in [-0.15, -0.1) is 0 Å². The van der Waals surface area contributed by atoms with E-state index in [4.69, 9.17) is 0 Å². The molecule has 3 heteroatoms. The van der Waals surface area contributed by atoms with Crippen LogP contribution < -0.4 is 0 Å². The van der Waals surface area contributed by atoms with Gasteiger partial charge in [0, 0.05) is 5.56 Å². The molecule has 1 heterocycles. The number of halogens is 1. The van der Waals surface area contributed by atoms with Gasteiger partial charge in [0.2, 0.25) is 0 Å². The van der Waals surface area contributed by atoms with Gasteiger partial charge in [-0.2, -0.15) is 11.8 Å². The second kappa shape index (κ2) is 5.00. The summed E-state index contributed by atoms with van der Waals surface area (Å²) in [6.45, 7) is 1.71. The van der Waals surface area contributed by atoms with Crippen molar-refractivity contribution < 1.29 is 9.18 Å². The summed E-state index contributed by atoms with van der Waals surface area (Å²) >= 11 is 1.70. The van der Waals surface area contributed by atoms with Gasteiger partial charge in [-0.25, -0.2) is 4.39 Å². The Labute approximate surface area is 99.4 Å². The van der Waals surface area contributed by atoms with Gasteiger partial charge in [-0.3, -0.25) is 4.79 Å². The summed E-state index contributed by atoms with van der Waals surface area (Å²) in [5.41, 5.74) is 1.11. The van der Waals surface area contributed by atoms with E-state index in [9.17, 15) is 9.18 Å². The third-order valence-corrected chi connectivity index (χ3v) is 4.30. The molecule has 86 valence electrons. The van der Waals surface area contributed by atoms with Crippen LogP contribution in [0.15, 0.2) is 18.2 Å². The second-order valence-corrected chi connectivity index (χ2v) is 5.49. The number of carbonyl (C=O) groups is 1. The summed E-state index contributed by atoms with van der Waals surface area (Å²) in [5, 5.41) is 0.0378. The molecule has 0 saturated carbocycles. The molecular weight excluding hydrogens is 223 g/mol. The van der Waals surface area contributed by atoms with E-state index in [-0.39, 0.29) is 16.9 Å². The number of ketones is 1. The van der Waals surface area contributed by atoms with Crippen molar-refractivity contribution in [3.05, 3.63) is 35.1 Å². The zero-order chi connectivity index (χ0) is 11.5. The van der Waals surface area contributed by atoms with Crippen molar-refractivity contribution in [3.8, 4) is 0 Å². The Balaban J connectivity index is 2.16. The molecule has 16 heavy (non-hydrogen) atoms. The molecule has 1 atom stereocenters. The molecule has 2 rings (SSSR count). The first-order chi connectivity index (χ1) is 7.68. The highest BCUT2D eigenvalue weighted by Crippen LogP contribution is 2.28. The van der Waals surface area contributed by atoms with Crippen LogP contribution in [0.5, 0.6) is 0 Å². The summed E-state index contributed by atoms with van der Waals surface area (Å²) in [5.74, 6) is 0.848. The lowest BCUT2D eigenvalue weighted by Crippen LogP contribution is -2.21. The second-order valence-electron chi connectivity index (χ2n) is 4.18. The molecule has 1 unspecified atom stereocenters. The van der Waals surface area contributed by atoms with Crippen LogP contribution in [0.3, 0.4) is 0 Å². The van der Waals surface area contributed by atoms with Crippen molar-refractivity contribution in [1.82, 2.24) is 0 Å². The first kappa shape index (κ1) is 11.6. The highest BCUT2D eigenvalue weighted by atomic mass is 32.2. The number of benzene rings is 1. The van der Waals surface area contributed by atoms with Crippen LogP contribution in [0.4, 0.5) is 4.39 Å². The largest absolute Gasteiger partial charge is 0.293 e. The van der Waals surface area contributed by atoms with Gasteiger partial charge in [-0.1, -0.05) is 18.6 Å². The zero-order valence-electron chi connectivity index (χ0n) is 9.33. The molecule has 0 aliphatic carbocycles. The molecule has 1 nitrogen and oxygen atoms in total. The van der Waals surface area contributed by atoms with E-state index in [2.05, 4.69) is 0 Å². The van der Waals surface area contributed by atoms with E-state index in [0.29, 0.717) is 11.1 Å². The fourth-order valence-corrected chi connectivity index (χ4v) is 3.16. The number of carbonyl (C=O) groups excluding carboxylic acids is 1. The number of aryl methyl sites for hydroxylation is 1. The molecule has 1 aliphatic heterocycles. The molecule has 1 aromatic rings. The van der Waals surface area contributed by atoms with Crippen molar-refractivity contribution in [2.24, 2.45) is 0 Å². The van der Waals surface area contributed by atoms with Crippen molar-refractivity contribution in [3.63, 3.8) is 0 Å². The molecular formula is C13H15FOS. The normalized spacial score (nSPS) is 20.8. The first-order valence-electron chi connectivity index (χ1n) is 5.60. The first-order valence-corrected chi connectivity index (χ1v) is 6.65. The summed E-state index contributed by atoms with van der Waals surface area (Å²) in [6, 6.07) is 4.78. The smallest absolute Gasteiger partial charge is 0.175 e. The predicted molar refractivity (Wildman–Crippen MR) is 65.6 cm³/mol. The van der Waals surface area contributed by atoms with Crippen molar-refractivity contribution >= 4 is 17.5 Å². The average molecular weight is 238 g/mol. The lowest BCUT2D eigenvalue weighted by atomic mass is 10.0. The van der Waals surface area contributed by atoms with Crippen molar-refractivity contribution in [2.45, 2.75) is 31.4 Å². The molecule has 0 bridgehead atoms. The summed E-state index contributed by atoms with van der Waals surface area (Å²) in [6.07, 6.45) is 3.23. The maximum Gasteiger partial charge on any atom is 0.175 e. The summed E-state index contributed by atoms with van der Waals surface area (Å²) in [4.78, 5) is 12.1. The van der Waals surface area contributed by atoms with Crippen molar-refractivity contribution in [2.75, 3.05) is 5.75 Å². The minimum Gasteiger partial charge on any atom is -0.293 e. The quantitative estimate of drug-likeness (QED) is 0.732. The predicted octanol–water partition coefficient (Wildman–Crippen LogP) is 3.60. The fraction of sp³-hybridized carbons (Fsp3) is 0.462. The van der Waals surface area contributed by atoms with Gasteiger partial charge in [0.15, 0.2) is 5.78 Å². The molecule has 1 fully saturated rings. The van der Waals surface area contributed by atoms with Crippen LogP contribution in [0.1, 0.15) is 35.2 Å². The lowest BCUT2D eigenvalue weighted by Gasteiger charge is -2.20. The molecule has 1 aromatic carbocycles. The SMILES string of the molecule is Cc1ccc(C(=O)C2CCCCS2)cc1F. The fourth-order valence-electron chi connectivity index (χ4n) is 1.88. The van der Waals surface area contributed by atoms with Gasteiger partial charge in [0.25, 0.3) is 0 Å². The standard InChI is InChI=1S/C13H15FOS/c1-9-5-6-10(8-11(9)14)13(15)12-4-2-3-7-16-12/h5-6,8,12H,2-4,7H2,1H3. The Kier molecular flexibility index (Phi) is 3.64. The Morgan fingerprint density at radius 2 is 2.25 bits per heavy atom. The summed E-state index contributed by atoms with van der Waals surface area (Å²) in [7, 11) is 0. The lowest BCUT2D eigenvalue weighted by molar-refractivity contribution is 0.0984. The molecule has 1 saturated heterocycles. The van der Waals surface area contributed by atoms with E-state index in [1.165, 1.54) is 12.5 Å². The molecule has 0 radical (unpaired) electrons. The number of hydrogen-bond donors (Lipinski definition) is 0. The number of thioether (sulfide) groups is 1. The van der Waals surface area contributed by atoms with Crippen LogP contribution in [0, 0.1) is 12.7 Å². The average Bonchev–Trinajstić information content (AvgIpc) is 2.33.